The minimum atomic E-state index is -0.449. The minimum Gasteiger partial charge on any atom is -0.391 e. The van der Waals surface area contributed by atoms with E-state index in [2.05, 4.69) is 12.2 Å². The molecule has 1 aliphatic heterocycles. The first-order chi connectivity index (χ1) is 6.68. The van der Waals surface area contributed by atoms with Crippen LogP contribution in [-0.4, -0.2) is 29.6 Å². The molecule has 80 valence electrons. The third-order valence-corrected chi connectivity index (χ3v) is 3.56. The number of aliphatic hydroxyl groups excluding tert-OH is 1. The zero-order chi connectivity index (χ0) is 10.1. The Morgan fingerprint density at radius 3 is 2.86 bits per heavy atom. The smallest absolute Gasteiger partial charge is 0.138 e. The van der Waals surface area contributed by atoms with Crippen molar-refractivity contribution in [3.05, 3.63) is 0 Å². The summed E-state index contributed by atoms with van der Waals surface area (Å²) in [6, 6.07) is 0.150. The van der Waals surface area contributed by atoms with E-state index in [1.54, 1.807) is 0 Å². The Morgan fingerprint density at radius 1 is 1.57 bits per heavy atom. The van der Waals surface area contributed by atoms with Gasteiger partial charge in [-0.05, 0) is 31.7 Å². The number of carbonyl (C=O) groups excluding carboxylic acids is 1. The van der Waals surface area contributed by atoms with Crippen molar-refractivity contribution in [1.29, 1.82) is 0 Å². The molecule has 2 rings (SSSR count). The molecule has 0 radical (unpaired) electrons. The van der Waals surface area contributed by atoms with Crippen LogP contribution in [0.15, 0.2) is 0 Å². The molecule has 2 fully saturated rings. The summed E-state index contributed by atoms with van der Waals surface area (Å²) < 4.78 is 0. The van der Waals surface area contributed by atoms with Crippen LogP contribution in [0.3, 0.4) is 0 Å². The fourth-order valence-electron chi connectivity index (χ4n) is 2.70. The van der Waals surface area contributed by atoms with E-state index in [1.165, 1.54) is 0 Å². The minimum absolute atomic E-state index is 0.0854. The number of hydrogen-bond acceptors (Lipinski definition) is 3. The number of carbonyl (C=O) groups is 1. The van der Waals surface area contributed by atoms with Crippen molar-refractivity contribution in [2.75, 3.05) is 6.54 Å². The lowest BCUT2D eigenvalue weighted by Gasteiger charge is -2.23. The van der Waals surface area contributed by atoms with Gasteiger partial charge in [-0.25, -0.2) is 0 Å². The molecule has 0 aromatic rings. The van der Waals surface area contributed by atoms with Crippen LogP contribution >= 0.6 is 0 Å². The van der Waals surface area contributed by atoms with Crippen LogP contribution in [0.25, 0.3) is 0 Å². The monoisotopic (exact) mass is 197 g/mol. The molecule has 0 bridgehead atoms. The quantitative estimate of drug-likeness (QED) is 0.685. The Balaban J connectivity index is 1.94. The van der Waals surface area contributed by atoms with Gasteiger partial charge in [-0.15, -0.1) is 0 Å². The average molecular weight is 197 g/mol. The van der Waals surface area contributed by atoms with Crippen molar-refractivity contribution in [3.63, 3.8) is 0 Å². The summed E-state index contributed by atoms with van der Waals surface area (Å²) in [4.78, 5) is 11.5. The van der Waals surface area contributed by atoms with Gasteiger partial charge in [0.15, 0.2) is 0 Å². The van der Waals surface area contributed by atoms with E-state index in [-0.39, 0.29) is 17.7 Å². The summed E-state index contributed by atoms with van der Waals surface area (Å²) in [6.45, 7) is 3.15. The van der Waals surface area contributed by atoms with Gasteiger partial charge in [0.05, 0.1) is 6.10 Å². The van der Waals surface area contributed by atoms with Crippen LogP contribution in [0.5, 0.6) is 0 Å². The molecule has 2 aliphatic rings. The molecule has 2 N–H and O–H groups in total. The number of ketones is 1. The fraction of sp³-hybridized carbons (Fsp3) is 0.909. The van der Waals surface area contributed by atoms with Gasteiger partial charge >= 0.3 is 0 Å². The second-order valence-electron chi connectivity index (χ2n) is 4.81. The van der Waals surface area contributed by atoms with Crippen LogP contribution in [0.1, 0.15) is 32.6 Å². The van der Waals surface area contributed by atoms with Crippen LogP contribution in [0, 0.1) is 11.8 Å². The summed E-state index contributed by atoms with van der Waals surface area (Å²) in [5.41, 5.74) is 0. The SMILES string of the molecule is C[C@H]1CN[C@H]([C@H](O)[C@@H]2CCCC2=O)C1. The molecule has 1 aliphatic carbocycles. The van der Waals surface area contributed by atoms with E-state index in [4.69, 9.17) is 0 Å². The van der Waals surface area contributed by atoms with Crippen LogP contribution < -0.4 is 5.32 Å². The Labute approximate surface area is 84.9 Å². The van der Waals surface area contributed by atoms with Crippen molar-refractivity contribution in [3.8, 4) is 0 Å². The van der Waals surface area contributed by atoms with E-state index in [0.29, 0.717) is 12.3 Å². The van der Waals surface area contributed by atoms with Gasteiger partial charge in [0.2, 0.25) is 0 Å². The van der Waals surface area contributed by atoms with Crippen LogP contribution in [0.2, 0.25) is 0 Å². The van der Waals surface area contributed by atoms with Crippen molar-refractivity contribution < 1.29 is 9.90 Å². The van der Waals surface area contributed by atoms with E-state index >= 15 is 0 Å². The first-order valence-electron chi connectivity index (χ1n) is 5.62. The molecule has 3 nitrogen and oxygen atoms in total. The Bertz CT molecular complexity index is 229. The van der Waals surface area contributed by atoms with Gasteiger partial charge in [-0.1, -0.05) is 6.92 Å². The molecule has 14 heavy (non-hydrogen) atoms. The largest absolute Gasteiger partial charge is 0.391 e. The summed E-state index contributed by atoms with van der Waals surface area (Å²) >= 11 is 0. The third-order valence-electron chi connectivity index (χ3n) is 3.56. The molecule has 1 saturated carbocycles. The first kappa shape index (κ1) is 10.1. The maximum atomic E-state index is 11.5. The Morgan fingerprint density at radius 2 is 2.36 bits per heavy atom. The van der Waals surface area contributed by atoms with E-state index in [0.717, 1.165) is 25.8 Å². The Hall–Kier alpha value is -0.410. The zero-order valence-corrected chi connectivity index (χ0v) is 8.70. The van der Waals surface area contributed by atoms with Gasteiger partial charge in [-0.2, -0.15) is 0 Å². The fourth-order valence-corrected chi connectivity index (χ4v) is 2.70. The molecule has 0 aromatic heterocycles. The highest BCUT2D eigenvalue weighted by molar-refractivity contribution is 5.83. The molecule has 4 atom stereocenters. The molecular weight excluding hydrogens is 178 g/mol. The Kier molecular flexibility index (Phi) is 2.88. The van der Waals surface area contributed by atoms with Crippen molar-refractivity contribution in [2.45, 2.75) is 44.8 Å². The predicted molar refractivity (Wildman–Crippen MR) is 53.9 cm³/mol. The van der Waals surface area contributed by atoms with Crippen molar-refractivity contribution >= 4 is 5.78 Å². The van der Waals surface area contributed by atoms with E-state index in [1.807, 2.05) is 0 Å². The second-order valence-corrected chi connectivity index (χ2v) is 4.81. The highest BCUT2D eigenvalue weighted by Gasteiger charge is 2.37. The maximum Gasteiger partial charge on any atom is 0.138 e. The lowest BCUT2D eigenvalue weighted by atomic mass is 9.91. The van der Waals surface area contributed by atoms with Gasteiger partial charge in [-0.3, -0.25) is 4.79 Å². The molecule has 0 aromatic carbocycles. The van der Waals surface area contributed by atoms with Gasteiger partial charge in [0.1, 0.15) is 5.78 Å². The molecule has 3 heteroatoms. The van der Waals surface area contributed by atoms with Crippen LogP contribution in [0.4, 0.5) is 0 Å². The van der Waals surface area contributed by atoms with Crippen LogP contribution in [-0.2, 0) is 4.79 Å². The highest BCUT2D eigenvalue weighted by Crippen LogP contribution is 2.29. The number of rotatable bonds is 2. The zero-order valence-electron chi connectivity index (χ0n) is 8.70. The third kappa shape index (κ3) is 1.84. The van der Waals surface area contributed by atoms with Crippen molar-refractivity contribution in [1.82, 2.24) is 5.32 Å². The van der Waals surface area contributed by atoms with E-state index < -0.39 is 6.10 Å². The summed E-state index contributed by atoms with van der Waals surface area (Å²) in [5.74, 6) is 0.808. The lowest BCUT2D eigenvalue weighted by molar-refractivity contribution is -0.124. The molecular formula is C11H19NO2. The van der Waals surface area contributed by atoms with Gasteiger partial charge in [0.25, 0.3) is 0 Å². The maximum absolute atomic E-state index is 11.5. The van der Waals surface area contributed by atoms with Gasteiger partial charge in [0, 0.05) is 18.4 Å². The summed E-state index contributed by atoms with van der Waals surface area (Å²) in [5, 5.41) is 13.4. The summed E-state index contributed by atoms with van der Waals surface area (Å²) in [7, 11) is 0. The normalized spacial score (nSPS) is 40.4. The number of nitrogens with one attached hydrogen (secondary N) is 1. The van der Waals surface area contributed by atoms with E-state index in [9.17, 15) is 9.90 Å². The molecule has 1 saturated heterocycles. The summed E-state index contributed by atoms with van der Waals surface area (Å²) in [6.07, 6.45) is 3.07. The number of aliphatic hydroxyl groups is 1. The molecule has 0 spiro atoms. The predicted octanol–water partition coefficient (Wildman–Crippen LogP) is 0.714. The lowest BCUT2D eigenvalue weighted by Crippen LogP contribution is -2.41. The second kappa shape index (κ2) is 3.99. The van der Waals surface area contributed by atoms with Crippen molar-refractivity contribution in [2.24, 2.45) is 11.8 Å². The number of Topliss-reactive ketones (excluding diaryl/α,β-unsaturated/α-hetero) is 1. The molecule has 1 heterocycles. The highest BCUT2D eigenvalue weighted by atomic mass is 16.3. The molecule has 0 amide bonds. The average Bonchev–Trinajstić information content (AvgIpc) is 2.73. The topological polar surface area (TPSA) is 49.3 Å². The molecule has 0 unspecified atom stereocenters. The van der Waals surface area contributed by atoms with Gasteiger partial charge < -0.3 is 10.4 Å². The number of hydrogen-bond donors (Lipinski definition) is 2. The standard InChI is InChI=1S/C11H19NO2/c1-7-5-9(12-6-7)11(14)8-3-2-4-10(8)13/h7-9,11-12,14H,2-6H2,1H3/t7-,8-,9+,11-/m1/s1. The first-order valence-corrected chi connectivity index (χ1v) is 5.62.